The van der Waals surface area contributed by atoms with E-state index in [1.165, 1.54) is 0 Å². The maximum Gasteiger partial charge on any atom is 0.198 e. The second kappa shape index (κ2) is 1.98. The summed E-state index contributed by atoms with van der Waals surface area (Å²) in [6.45, 7) is 3.73. The smallest absolute Gasteiger partial charge is 0.198 e. The lowest BCUT2D eigenvalue weighted by Crippen LogP contribution is -1.99. The molecule has 0 radical (unpaired) electrons. The van der Waals surface area contributed by atoms with Gasteiger partial charge >= 0.3 is 0 Å². The molecule has 0 spiro atoms. The Morgan fingerprint density at radius 1 is 1.36 bits per heavy atom. The van der Waals surface area contributed by atoms with Crippen LogP contribution in [0.25, 0.3) is 5.65 Å². The van der Waals surface area contributed by atoms with Crippen molar-refractivity contribution in [1.82, 2.24) is 24.8 Å². The molecule has 0 aliphatic rings. The molecule has 0 N–H and O–H groups in total. The van der Waals surface area contributed by atoms with Gasteiger partial charge in [0, 0.05) is 0 Å². The van der Waals surface area contributed by atoms with Crippen LogP contribution in [0.1, 0.15) is 11.5 Å². The van der Waals surface area contributed by atoms with Crippen molar-refractivity contribution >= 4 is 5.65 Å². The van der Waals surface area contributed by atoms with Gasteiger partial charge in [-0.15, -0.1) is 10.2 Å². The van der Waals surface area contributed by atoms with Crippen LogP contribution in [0.3, 0.4) is 0 Å². The highest BCUT2D eigenvalue weighted by Crippen LogP contribution is 2.00. The van der Waals surface area contributed by atoms with E-state index in [9.17, 15) is 0 Å². The monoisotopic (exact) mass is 149 g/mol. The van der Waals surface area contributed by atoms with Crippen molar-refractivity contribution in [2.75, 3.05) is 0 Å². The van der Waals surface area contributed by atoms with E-state index in [1.807, 2.05) is 13.8 Å². The van der Waals surface area contributed by atoms with Gasteiger partial charge in [-0.05, 0) is 13.8 Å². The summed E-state index contributed by atoms with van der Waals surface area (Å²) in [5.41, 5.74) is 1.57. The van der Waals surface area contributed by atoms with Gasteiger partial charge < -0.3 is 0 Å². The van der Waals surface area contributed by atoms with Crippen molar-refractivity contribution in [2.45, 2.75) is 13.8 Å². The fourth-order valence-corrected chi connectivity index (χ4v) is 1.01. The molecule has 2 heterocycles. The van der Waals surface area contributed by atoms with Gasteiger partial charge in [-0.2, -0.15) is 9.61 Å². The number of aryl methyl sites for hydroxylation is 2. The van der Waals surface area contributed by atoms with E-state index >= 15 is 0 Å². The summed E-state index contributed by atoms with van der Waals surface area (Å²) in [4.78, 5) is 4.14. The molecule has 2 aromatic heterocycles. The van der Waals surface area contributed by atoms with Crippen molar-refractivity contribution in [2.24, 2.45) is 0 Å². The molecule has 0 fully saturated rings. The van der Waals surface area contributed by atoms with E-state index in [2.05, 4.69) is 20.3 Å². The zero-order valence-corrected chi connectivity index (χ0v) is 6.31. The van der Waals surface area contributed by atoms with Gasteiger partial charge in [0.15, 0.2) is 5.65 Å². The zero-order chi connectivity index (χ0) is 7.84. The predicted octanol–water partition coefficient (Wildman–Crippen LogP) is 0.136. The molecule has 0 aliphatic heterocycles. The molecule has 0 unspecified atom stereocenters. The van der Waals surface area contributed by atoms with Gasteiger partial charge in [0.1, 0.15) is 12.2 Å². The van der Waals surface area contributed by atoms with Crippen molar-refractivity contribution in [3.05, 3.63) is 17.8 Å². The summed E-state index contributed by atoms with van der Waals surface area (Å²) in [5, 5.41) is 11.6. The highest BCUT2D eigenvalue weighted by atomic mass is 15.4. The number of nitrogens with zero attached hydrogens (tertiary/aromatic N) is 5. The number of fused-ring (bicyclic) bond motifs is 1. The fraction of sp³-hybridized carbons (Fsp3) is 0.333. The number of hydrogen-bond acceptors (Lipinski definition) is 4. The molecule has 0 bridgehead atoms. The normalized spacial score (nSPS) is 10.7. The molecule has 0 aliphatic carbocycles. The minimum atomic E-state index is 0.718. The third-order valence-corrected chi connectivity index (χ3v) is 1.44. The molecule has 11 heavy (non-hydrogen) atoms. The van der Waals surface area contributed by atoms with E-state index < -0.39 is 0 Å². The largest absolute Gasteiger partial charge is 0.233 e. The van der Waals surface area contributed by atoms with Crippen molar-refractivity contribution < 1.29 is 0 Å². The van der Waals surface area contributed by atoms with Crippen LogP contribution < -0.4 is 0 Å². The van der Waals surface area contributed by atoms with Gasteiger partial charge in [0.05, 0.1) is 5.69 Å². The van der Waals surface area contributed by atoms with E-state index in [1.54, 1.807) is 10.8 Å². The molecule has 0 saturated carbocycles. The van der Waals surface area contributed by atoms with E-state index in [0.717, 1.165) is 17.2 Å². The Hall–Kier alpha value is -1.52. The summed E-state index contributed by atoms with van der Waals surface area (Å²) >= 11 is 0. The van der Waals surface area contributed by atoms with E-state index in [4.69, 9.17) is 0 Å². The van der Waals surface area contributed by atoms with Crippen molar-refractivity contribution in [3.8, 4) is 0 Å². The SMILES string of the molecule is Cc1nc(C)c2nncn2n1. The van der Waals surface area contributed by atoms with Gasteiger partial charge in [-0.3, -0.25) is 0 Å². The Kier molecular flexibility index (Phi) is 1.12. The number of hydrogen-bond donors (Lipinski definition) is 0. The molecule has 0 aromatic carbocycles. The molecule has 0 amide bonds. The van der Waals surface area contributed by atoms with E-state index in [-0.39, 0.29) is 0 Å². The molecule has 0 saturated heterocycles. The van der Waals surface area contributed by atoms with Crippen molar-refractivity contribution in [1.29, 1.82) is 0 Å². The van der Waals surface area contributed by atoms with Gasteiger partial charge in [-0.25, -0.2) is 4.98 Å². The van der Waals surface area contributed by atoms with Crippen LogP contribution in [-0.2, 0) is 0 Å². The topological polar surface area (TPSA) is 56.0 Å². The lowest BCUT2D eigenvalue weighted by atomic mass is 10.5. The van der Waals surface area contributed by atoms with Crippen LogP contribution in [0.15, 0.2) is 6.33 Å². The van der Waals surface area contributed by atoms with Crippen LogP contribution in [-0.4, -0.2) is 24.8 Å². The Labute approximate surface area is 63.1 Å². The van der Waals surface area contributed by atoms with Gasteiger partial charge in [-0.1, -0.05) is 0 Å². The molecule has 56 valence electrons. The fourth-order valence-electron chi connectivity index (χ4n) is 1.01. The standard InChI is InChI=1S/C6H7N5/c1-4-6-9-7-3-11(6)10-5(2)8-4/h3H,1-2H3. The highest BCUT2D eigenvalue weighted by Gasteiger charge is 2.01. The molecule has 0 atom stereocenters. The second-order valence-electron chi connectivity index (χ2n) is 2.34. The summed E-state index contributed by atoms with van der Waals surface area (Å²) in [7, 11) is 0. The molecular weight excluding hydrogens is 142 g/mol. The quantitative estimate of drug-likeness (QED) is 0.534. The third-order valence-electron chi connectivity index (χ3n) is 1.44. The number of rotatable bonds is 0. The Bertz CT molecular complexity index is 391. The molecule has 5 nitrogen and oxygen atoms in total. The summed E-state index contributed by atoms with van der Waals surface area (Å²) in [6, 6.07) is 0. The van der Waals surface area contributed by atoms with Crippen LogP contribution in [0, 0.1) is 13.8 Å². The number of aromatic nitrogens is 5. The first kappa shape index (κ1) is 6.21. The molecule has 2 aromatic rings. The zero-order valence-electron chi connectivity index (χ0n) is 6.31. The van der Waals surface area contributed by atoms with Crippen LogP contribution in [0.2, 0.25) is 0 Å². The van der Waals surface area contributed by atoms with Crippen LogP contribution in [0.5, 0.6) is 0 Å². The third kappa shape index (κ3) is 0.849. The minimum absolute atomic E-state index is 0.718. The van der Waals surface area contributed by atoms with Crippen molar-refractivity contribution in [3.63, 3.8) is 0 Å². The lowest BCUT2D eigenvalue weighted by molar-refractivity contribution is 0.833. The predicted molar refractivity (Wildman–Crippen MR) is 38.1 cm³/mol. The average Bonchev–Trinajstić information content (AvgIpc) is 2.34. The summed E-state index contributed by atoms with van der Waals surface area (Å²) < 4.78 is 1.62. The first-order chi connectivity index (χ1) is 5.27. The van der Waals surface area contributed by atoms with Gasteiger partial charge in [0.25, 0.3) is 0 Å². The summed E-state index contributed by atoms with van der Waals surface area (Å²) in [5.74, 6) is 0.731. The molecule has 2 rings (SSSR count). The second-order valence-corrected chi connectivity index (χ2v) is 2.34. The van der Waals surface area contributed by atoms with Crippen LogP contribution >= 0.6 is 0 Å². The first-order valence-electron chi connectivity index (χ1n) is 3.28. The average molecular weight is 149 g/mol. The Morgan fingerprint density at radius 3 is 3.00 bits per heavy atom. The minimum Gasteiger partial charge on any atom is -0.233 e. The summed E-state index contributed by atoms with van der Waals surface area (Å²) in [6.07, 6.45) is 1.57. The van der Waals surface area contributed by atoms with Crippen LogP contribution in [0.4, 0.5) is 0 Å². The Morgan fingerprint density at radius 2 is 2.18 bits per heavy atom. The maximum absolute atomic E-state index is 4.14. The lowest BCUT2D eigenvalue weighted by Gasteiger charge is -1.95. The van der Waals surface area contributed by atoms with Gasteiger partial charge in [0.2, 0.25) is 0 Å². The van der Waals surface area contributed by atoms with E-state index in [0.29, 0.717) is 0 Å². The molecular formula is C6H7N5. The maximum atomic E-state index is 4.14. The first-order valence-corrected chi connectivity index (χ1v) is 3.28. The Balaban J connectivity index is 2.91. The highest BCUT2D eigenvalue weighted by molar-refractivity contribution is 5.39. The molecule has 5 heteroatoms.